The molecule has 10 heavy (non-hydrogen) atoms. The minimum absolute atomic E-state index is 0.410. The Morgan fingerprint density at radius 3 is 2.00 bits per heavy atom. The maximum absolute atomic E-state index is 10.3. The summed E-state index contributed by atoms with van der Waals surface area (Å²) in [5.74, 6) is -0.776. The molecule has 0 aliphatic rings. The fourth-order valence-electron chi connectivity index (χ4n) is 0.711. The van der Waals surface area contributed by atoms with Crippen LogP contribution in [0.5, 0.6) is 0 Å². The minimum atomic E-state index is -1.41. The third-order valence-electron chi connectivity index (χ3n) is 1.02. The third-order valence-corrected chi connectivity index (χ3v) is 2.32. The topological polar surface area (TPSA) is 49.3 Å². The van der Waals surface area contributed by atoms with Crippen molar-refractivity contribution in [2.45, 2.75) is 32.6 Å². The molecular formula is C6H15NO2Si. The average Bonchev–Trinajstić information content (AvgIpc) is 1.60. The summed E-state index contributed by atoms with van der Waals surface area (Å²) < 4.78 is 0. The summed E-state index contributed by atoms with van der Waals surface area (Å²) in [5.41, 5.74) is 0. The van der Waals surface area contributed by atoms with Gasteiger partial charge >= 0.3 is 5.97 Å². The van der Waals surface area contributed by atoms with Gasteiger partial charge in [-0.2, -0.15) is 0 Å². The van der Waals surface area contributed by atoms with Crippen LogP contribution in [-0.2, 0) is 4.79 Å². The normalized spacial score (nSPS) is 14.8. The van der Waals surface area contributed by atoms with Crippen LogP contribution in [-0.4, -0.2) is 25.4 Å². The molecule has 0 rings (SSSR count). The zero-order valence-corrected chi connectivity index (χ0v) is 7.93. The second-order valence-corrected chi connectivity index (χ2v) is 8.24. The van der Waals surface area contributed by atoms with Gasteiger partial charge in [0.25, 0.3) is 0 Å². The number of carbonyl (C=O) groups is 1. The first kappa shape index (κ1) is 9.65. The second-order valence-electron chi connectivity index (χ2n) is 3.45. The van der Waals surface area contributed by atoms with E-state index in [4.69, 9.17) is 5.11 Å². The highest BCUT2D eigenvalue weighted by Gasteiger charge is 2.19. The summed E-state index contributed by atoms with van der Waals surface area (Å²) in [6.07, 6.45) is 0. The third kappa shape index (κ3) is 4.52. The Labute approximate surface area is 62.5 Å². The second kappa shape index (κ2) is 3.16. The van der Waals surface area contributed by atoms with Crippen molar-refractivity contribution in [3.8, 4) is 0 Å². The molecule has 3 nitrogen and oxygen atoms in total. The number of aliphatic carboxylic acids is 1. The van der Waals surface area contributed by atoms with Gasteiger partial charge in [-0.05, 0) is 6.92 Å². The molecule has 0 aliphatic heterocycles. The Morgan fingerprint density at radius 2 is 1.90 bits per heavy atom. The van der Waals surface area contributed by atoms with Crippen molar-refractivity contribution in [2.75, 3.05) is 0 Å². The van der Waals surface area contributed by atoms with E-state index in [-0.39, 0.29) is 0 Å². The molecule has 0 radical (unpaired) electrons. The highest BCUT2D eigenvalue weighted by atomic mass is 28.3. The van der Waals surface area contributed by atoms with Crippen molar-refractivity contribution < 1.29 is 9.90 Å². The number of hydrogen-bond acceptors (Lipinski definition) is 2. The molecule has 1 unspecified atom stereocenters. The highest BCUT2D eigenvalue weighted by molar-refractivity contribution is 6.73. The molecule has 0 aromatic heterocycles. The van der Waals surface area contributed by atoms with Crippen LogP contribution in [0, 0.1) is 0 Å². The minimum Gasteiger partial charge on any atom is -0.480 e. The Hall–Kier alpha value is -0.353. The first-order valence-corrected chi connectivity index (χ1v) is 6.83. The van der Waals surface area contributed by atoms with Crippen LogP contribution in [0.3, 0.4) is 0 Å². The number of nitrogens with one attached hydrogen (secondary N) is 1. The van der Waals surface area contributed by atoms with Crippen molar-refractivity contribution in [3.63, 3.8) is 0 Å². The SMILES string of the molecule is CC(N[Si](C)(C)C)C(=O)O. The Balaban J connectivity index is 3.80. The van der Waals surface area contributed by atoms with Crippen LogP contribution in [0.15, 0.2) is 0 Å². The molecule has 0 spiro atoms. The summed E-state index contributed by atoms with van der Waals surface area (Å²) in [5, 5.41) is 8.51. The molecule has 2 N–H and O–H groups in total. The van der Waals surface area contributed by atoms with Crippen molar-refractivity contribution in [1.29, 1.82) is 0 Å². The predicted octanol–water partition coefficient (Wildman–Crippen LogP) is 0.884. The van der Waals surface area contributed by atoms with Crippen molar-refractivity contribution in [1.82, 2.24) is 4.98 Å². The van der Waals surface area contributed by atoms with E-state index in [1.54, 1.807) is 6.92 Å². The molecule has 0 amide bonds. The van der Waals surface area contributed by atoms with Gasteiger partial charge in [-0.1, -0.05) is 19.6 Å². The van der Waals surface area contributed by atoms with E-state index < -0.39 is 20.2 Å². The zero-order valence-electron chi connectivity index (χ0n) is 6.93. The summed E-state index contributed by atoms with van der Waals surface area (Å²) in [4.78, 5) is 13.4. The first-order valence-electron chi connectivity index (χ1n) is 3.33. The van der Waals surface area contributed by atoms with Gasteiger partial charge in [0, 0.05) is 0 Å². The van der Waals surface area contributed by atoms with Gasteiger partial charge in [0.05, 0.1) is 6.04 Å². The van der Waals surface area contributed by atoms with Gasteiger partial charge in [0.15, 0.2) is 0 Å². The monoisotopic (exact) mass is 161 g/mol. The molecule has 0 saturated carbocycles. The Bertz CT molecular complexity index is 130. The van der Waals surface area contributed by atoms with Crippen LogP contribution in [0.25, 0.3) is 0 Å². The Kier molecular flexibility index (Phi) is 3.05. The molecule has 0 saturated heterocycles. The van der Waals surface area contributed by atoms with E-state index >= 15 is 0 Å². The van der Waals surface area contributed by atoms with Crippen LogP contribution in [0.2, 0.25) is 19.6 Å². The maximum atomic E-state index is 10.3. The lowest BCUT2D eigenvalue weighted by Crippen LogP contribution is -2.49. The van der Waals surface area contributed by atoms with Crippen LogP contribution < -0.4 is 4.98 Å². The number of rotatable bonds is 3. The van der Waals surface area contributed by atoms with E-state index in [1.807, 2.05) is 0 Å². The number of carboxylic acid groups (broad SMARTS) is 1. The number of carboxylic acids is 1. The molecule has 0 aliphatic carbocycles. The van der Waals surface area contributed by atoms with Gasteiger partial charge in [-0.15, -0.1) is 0 Å². The molecule has 4 heteroatoms. The molecule has 0 aromatic carbocycles. The highest BCUT2D eigenvalue weighted by Crippen LogP contribution is 1.96. The van der Waals surface area contributed by atoms with Gasteiger partial charge in [0.2, 0.25) is 0 Å². The number of hydrogen-bond donors (Lipinski definition) is 2. The zero-order chi connectivity index (χ0) is 8.36. The molecule has 0 bridgehead atoms. The molecular weight excluding hydrogens is 146 g/mol. The molecule has 60 valence electrons. The van der Waals surface area contributed by atoms with Crippen molar-refractivity contribution in [2.24, 2.45) is 0 Å². The average molecular weight is 161 g/mol. The van der Waals surface area contributed by atoms with Crippen LogP contribution >= 0.6 is 0 Å². The van der Waals surface area contributed by atoms with Gasteiger partial charge in [0.1, 0.15) is 8.24 Å². The molecule has 0 fully saturated rings. The Morgan fingerprint density at radius 1 is 1.50 bits per heavy atom. The lowest BCUT2D eigenvalue weighted by molar-refractivity contribution is -0.138. The van der Waals surface area contributed by atoms with E-state index in [9.17, 15) is 4.79 Å². The summed E-state index contributed by atoms with van der Waals surface area (Å²) in [6, 6.07) is -0.410. The van der Waals surface area contributed by atoms with Crippen LogP contribution in [0.4, 0.5) is 0 Å². The van der Waals surface area contributed by atoms with Gasteiger partial charge in [-0.3, -0.25) is 4.79 Å². The lowest BCUT2D eigenvalue weighted by Gasteiger charge is -2.20. The van der Waals surface area contributed by atoms with Crippen molar-refractivity contribution in [3.05, 3.63) is 0 Å². The quantitative estimate of drug-likeness (QED) is 0.604. The predicted molar refractivity (Wildman–Crippen MR) is 43.6 cm³/mol. The summed E-state index contributed by atoms with van der Waals surface area (Å²) in [7, 11) is -1.41. The van der Waals surface area contributed by atoms with Crippen LogP contribution in [0.1, 0.15) is 6.92 Å². The fourth-order valence-corrected chi connectivity index (χ4v) is 2.13. The first-order chi connectivity index (χ1) is 4.33. The molecule has 1 atom stereocenters. The van der Waals surface area contributed by atoms with E-state index in [1.165, 1.54) is 0 Å². The lowest BCUT2D eigenvalue weighted by atomic mass is 10.4. The summed E-state index contributed by atoms with van der Waals surface area (Å²) >= 11 is 0. The molecule has 0 aromatic rings. The van der Waals surface area contributed by atoms with Gasteiger partial charge < -0.3 is 10.1 Å². The van der Waals surface area contributed by atoms with Gasteiger partial charge in [-0.25, -0.2) is 0 Å². The summed E-state index contributed by atoms with van der Waals surface area (Å²) in [6.45, 7) is 7.89. The smallest absolute Gasteiger partial charge is 0.319 e. The van der Waals surface area contributed by atoms with E-state index in [2.05, 4.69) is 24.6 Å². The standard InChI is InChI=1S/C6H15NO2Si/c1-5(6(8)9)7-10(2,3)4/h5,7H,1-4H3,(H,8,9). The fraction of sp³-hybridized carbons (Fsp3) is 0.833. The van der Waals surface area contributed by atoms with E-state index in [0.717, 1.165) is 0 Å². The molecule has 0 heterocycles. The van der Waals surface area contributed by atoms with Crippen molar-refractivity contribution >= 4 is 14.2 Å². The largest absolute Gasteiger partial charge is 0.480 e. The van der Waals surface area contributed by atoms with E-state index in [0.29, 0.717) is 0 Å². The maximum Gasteiger partial charge on any atom is 0.319 e.